The lowest BCUT2D eigenvalue weighted by Crippen LogP contribution is -2.06. The average Bonchev–Trinajstić information content (AvgIpc) is 3.25. The van der Waals surface area contributed by atoms with E-state index in [9.17, 15) is 9.90 Å². The molecular formula is C30H44O3. The molecule has 1 aromatic heterocycles. The molecule has 1 rings (SSSR count). The highest BCUT2D eigenvalue weighted by Crippen LogP contribution is 2.24. The Bertz CT molecular complexity index is 843. The first-order valence-electron chi connectivity index (χ1n) is 12.2. The van der Waals surface area contributed by atoms with Gasteiger partial charge < -0.3 is 9.52 Å². The van der Waals surface area contributed by atoms with E-state index in [2.05, 4.69) is 59.4 Å². The van der Waals surface area contributed by atoms with Crippen LogP contribution in [0.4, 0.5) is 0 Å². The van der Waals surface area contributed by atoms with Gasteiger partial charge in [-0.3, -0.25) is 0 Å². The summed E-state index contributed by atoms with van der Waals surface area (Å²) in [6, 6.07) is 1.92. The summed E-state index contributed by atoms with van der Waals surface area (Å²) in [6.45, 7) is 14.9. The minimum Gasteiger partial charge on any atom is -0.478 e. The van der Waals surface area contributed by atoms with E-state index in [1.807, 2.05) is 12.1 Å². The molecule has 0 radical (unpaired) electrons. The molecule has 3 heteroatoms. The van der Waals surface area contributed by atoms with Crippen LogP contribution in [0.3, 0.4) is 0 Å². The van der Waals surface area contributed by atoms with Gasteiger partial charge in [0, 0.05) is 5.57 Å². The third-order valence-corrected chi connectivity index (χ3v) is 6.01. The molecule has 0 unspecified atom stereocenters. The number of carboxylic acid groups (broad SMARTS) is 1. The highest BCUT2D eigenvalue weighted by Gasteiger charge is 2.13. The Morgan fingerprint density at radius 2 is 1.64 bits per heavy atom. The number of carboxylic acids is 1. The fourth-order valence-corrected chi connectivity index (χ4v) is 3.72. The van der Waals surface area contributed by atoms with Gasteiger partial charge in [0.1, 0.15) is 0 Å². The quantitative estimate of drug-likeness (QED) is 0.201. The van der Waals surface area contributed by atoms with E-state index in [-0.39, 0.29) is 0 Å². The lowest BCUT2D eigenvalue weighted by Gasteiger charge is -2.16. The van der Waals surface area contributed by atoms with Gasteiger partial charge in [0.05, 0.1) is 12.5 Å². The van der Waals surface area contributed by atoms with Crippen LogP contribution in [0.15, 0.2) is 81.8 Å². The van der Waals surface area contributed by atoms with Crippen LogP contribution in [0, 0.1) is 5.92 Å². The van der Waals surface area contributed by atoms with Gasteiger partial charge in [-0.1, -0.05) is 53.2 Å². The van der Waals surface area contributed by atoms with Gasteiger partial charge >= 0.3 is 5.97 Å². The summed E-state index contributed by atoms with van der Waals surface area (Å²) in [4.78, 5) is 11.7. The molecule has 0 fully saturated rings. The van der Waals surface area contributed by atoms with Crippen LogP contribution in [-0.4, -0.2) is 11.1 Å². The molecule has 0 saturated heterocycles. The molecule has 33 heavy (non-hydrogen) atoms. The predicted octanol–water partition coefficient (Wildman–Crippen LogP) is 9.01. The zero-order valence-corrected chi connectivity index (χ0v) is 21.5. The van der Waals surface area contributed by atoms with Crippen LogP contribution in [0.1, 0.15) is 91.5 Å². The number of rotatable bonds is 16. The summed E-state index contributed by atoms with van der Waals surface area (Å²) >= 11 is 0. The number of aliphatic carboxylic acids is 1. The third kappa shape index (κ3) is 13.6. The molecule has 0 amide bonds. The molecule has 0 spiro atoms. The van der Waals surface area contributed by atoms with Crippen molar-refractivity contribution in [3.8, 4) is 0 Å². The Morgan fingerprint density at radius 3 is 2.21 bits per heavy atom. The molecule has 1 aromatic rings. The number of aryl methyl sites for hydroxylation is 1. The second kappa shape index (κ2) is 16.1. The van der Waals surface area contributed by atoms with Gasteiger partial charge in [-0.2, -0.15) is 0 Å². The Hall–Kier alpha value is -2.55. The second-order valence-corrected chi connectivity index (χ2v) is 9.48. The van der Waals surface area contributed by atoms with Crippen molar-refractivity contribution in [2.45, 2.75) is 92.4 Å². The molecule has 1 heterocycles. The van der Waals surface area contributed by atoms with Crippen molar-refractivity contribution in [1.82, 2.24) is 0 Å². The van der Waals surface area contributed by atoms with E-state index in [0.29, 0.717) is 24.3 Å². The van der Waals surface area contributed by atoms with Gasteiger partial charge in [0.15, 0.2) is 0 Å². The highest BCUT2D eigenvalue weighted by atomic mass is 16.4. The fourth-order valence-electron chi connectivity index (χ4n) is 3.72. The molecule has 182 valence electrons. The first-order valence-corrected chi connectivity index (χ1v) is 12.2. The summed E-state index contributed by atoms with van der Waals surface area (Å²) in [7, 11) is 0. The minimum absolute atomic E-state index is 0.304. The topological polar surface area (TPSA) is 50.4 Å². The van der Waals surface area contributed by atoms with Gasteiger partial charge in [-0.25, -0.2) is 4.79 Å². The van der Waals surface area contributed by atoms with Crippen molar-refractivity contribution in [2.75, 3.05) is 0 Å². The summed E-state index contributed by atoms with van der Waals surface area (Å²) < 4.78 is 5.07. The molecule has 0 aliphatic rings. The van der Waals surface area contributed by atoms with E-state index < -0.39 is 5.97 Å². The first kappa shape index (κ1) is 28.5. The Morgan fingerprint density at radius 1 is 0.970 bits per heavy atom. The van der Waals surface area contributed by atoms with Crippen LogP contribution >= 0.6 is 0 Å². The minimum atomic E-state index is -0.818. The largest absolute Gasteiger partial charge is 0.478 e. The Kier molecular flexibility index (Phi) is 13.9. The van der Waals surface area contributed by atoms with E-state index in [0.717, 1.165) is 56.1 Å². The summed E-state index contributed by atoms with van der Waals surface area (Å²) in [5, 5.41) is 9.59. The normalized spacial score (nSPS) is 13.7. The molecule has 1 atom stereocenters. The van der Waals surface area contributed by atoms with Crippen molar-refractivity contribution in [2.24, 2.45) is 5.92 Å². The van der Waals surface area contributed by atoms with E-state index in [4.69, 9.17) is 4.42 Å². The first-order chi connectivity index (χ1) is 15.7. The van der Waals surface area contributed by atoms with Crippen molar-refractivity contribution in [3.63, 3.8) is 0 Å². The van der Waals surface area contributed by atoms with Crippen molar-refractivity contribution < 1.29 is 14.3 Å². The number of allylic oxidation sites excluding steroid dienone is 8. The standard InChI is InChI=1S/C30H44O3/c1-23(2)10-7-11-25(5)12-8-13-26(6)16-17-28(24(3)4)18-19-29(30(31)32)15-9-14-27-20-21-33-22-27/h10,12,15-16,20-22,28H,3,7-9,11,13-14,17-19H2,1-2,4-6H3,(H,31,32)/b25-12-,26-16+,29-15-/t28-/m0/s1. The van der Waals surface area contributed by atoms with E-state index in [1.54, 1.807) is 12.5 Å². The zero-order chi connectivity index (χ0) is 24.6. The number of furan rings is 1. The fraction of sp³-hybridized carbons (Fsp3) is 0.500. The van der Waals surface area contributed by atoms with Crippen molar-refractivity contribution in [3.05, 3.63) is 82.9 Å². The smallest absolute Gasteiger partial charge is 0.331 e. The third-order valence-electron chi connectivity index (χ3n) is 6.01. The Labute approximate surface area is 201 Å². The van der Waals surface area contributed by atoms with Crippen molar-refractivity contribution >= 4 is 5.97 Å². The van der Waals surface area contributed by atoms with Crippen LogP contribution in [0.2, 0.25) is 0 Å². The number of carbonyl (C=O) groups is 1. The van der Waals surface area contributed by atoms with Gasteiger partial charge in [-0.15, -0.1) is 0 Å². The maximum Gasteiger partial charge on any atom is 0.331 e. The summed E-state index contributed by atoms with van der Waals surface area (Å²) in [5.74, 6) is -0.515. The van der Waals surface area contributed by atoms with Gasteiger partial charge in [0.25, 0.3) is 0 Å². The SMILES string of the molecule is C=C(C)[C@@H](C/C=C(\C)CC/C=C(/C)CCC=C(C)C)CC/C(=C/CCc1ccoc1)C(=O)O. The van der Waals surface area contributed by atoms with Gasteiger partial charge in [0.2, 0.25) is 0 Å². The molecule has 3 nitrogen and oxygen atoms in total. The van der Waals surface area contributed by atoms with E-state index >= 15 is 0 Å². The maximum absolute atomic E-state index is 11.7. The summed E-state index contributed by atoms with van der Waals surface area (Å²) in [6.07, 6.45) is 20.4. The molecule has 1 N–H and O–H groups in total. The van der Waals surface area contributed by atoms with Crippen molar-refractivity contribution in [1.29, 1.82) is 0 Å². The molecular weight excluding hydrogens is 408 g/mol. The highest BCUT2D eigenvalue weighted by molar-refractivity contribution is 5.86. The van der Waals surface area contributed by atoms with Crippen LogP contribution in [0.25, 0.3) is 0 Å². The molecule has 0 aliphatic carbocycles. The lowest BCUT2D eigenvalue weighted by molar-refractivity contribution is -0.132. The second-order valence-electron chi connectivity index (χ2n) is 9.48. The monoisotopic (exact) mass is 452 g/mol. The molecule has 0 aliphatic heterocycles. The zero-order valence-electron chi connectivity index (χ0n) is 21.5. The van der Waals surface area contributed by atoms with Crippen LogP contribution < -0.4 is 0 Å². The van der Waals surface area contributed by atoms with Crippen LogP contribution in [0.5, 0.6) is 0 Å². The Balaban J connectivity index is 2.51. The number of hydrogen-bond acceptors (Lipinski definition) is 2. The van der Waals surface area contributed by atoms with Crippen LogP contribution in [-0.2, 0) is 11.2 Å². The average molecular weight is 453 g/mol. The maximum atomic E-state index is 11.7. The number of hydrogen-bond donors (Lipinski definition) is 1. The predicted molar refractivity (Wildman–Crippen MR) is 140 cm³/mol. The summed E-state index contributed by atoms with van der Waals surface area (Å²) in [5.41, 5.74) is 6.95. The van der Waals surface area contributed by atoms with E-state index in [1.165, 1.54) is 16.7 Å². The lowest BCUT2D eigenvalue weighted by atomic mass is 9.89. The molecule has 0 aromatic carbocycles. The molecule has 0 saturated carbocycles. The van der Waals surface area contributed by atoms with Gasteiger partial charge in [-0.05, 0) is 110 Å². The molecule has 0 bridgehead atoms.